The predicted octanol–water partition coefficient (Wildman–Crippen LogP) is 6.48. The third-order valence-corrected chi connectivity index (χ3v) is 5.83. The maximum absolute atomic E-state index is 6.72. The minimum absolute atomic E-state index is 0.00400. The third kappa shape index (κ3) is 4.07. The third-order valence-electron chi connectivity index (χ3n) is 4.92. The monoisotopic (exact) mass is 328 g/mol. The maximum atomic E-state index is 6.72. The summed E-state index contributed by atoms with van der Waals surface area (Å²) >= 11 is 13.1. The number of methoxy groups -OCH3 is 1. The number of rotatable bonds is 3. The van der Waals surface area contributed by atoms with Crippen LogP contribution >= 0.6 is 23.2 Å². The largest absolute Gasteiger partial charge is 0.497 e. The van der Waals surface area contributed by atoms with Gasteiger partial charge in [-0.25, -0.2) is 0 Å². The van der Waals surface area contributed by atoms with Crippen LogP contribution in [0.4, 0.5) is 0 Å². The highest BCUT2D eigenvalue weighted by Crippen LogP contribution is 2.46. The van der Waals surface area contributed by atoms with Crippen LogP contribution in [0.15, 0.2) is 18.2 Å². The first-order valence-electron chi connectivity index (χ1n) is 7.80. The molecule has 0 N–H and O–H groups in total. The summed E-state index contributed by atoms with van der Waals surface area (Å²) < 4.78 is 5.20. The summed E-state index contributed by atoms with van der Waals surface area (Å²) in [7, 11) is 1.65. The van der Waals surface area contributed by atoms with Crippen LogP contribution in [0.25, 0.3) is 0 Å². The molecule has 0 radical (unpaired) electrons. The van der Waals surface area contributed by atoms with E-state index in [2.05, 4.69) is 20.8 Å². The van der Waals surface area contributed by atoms with Crippen molar-refractivity contribution >= 4 is 23.2 Å². The Bertz CT molecular complexity index is 471. The van der Waals surface area contributed by atoms with E-state index in [9.17, 15) is 0 Å². The quantitative estimate of drug-likeness (QED) is 0.577. The molecule has 118 valence electrons. The lowest BCUT2D eigenvalue weighted by molar-refractivity contribution is 0.148. The number of ether oxygens (including phenoxy) is 1. The van der Waals surface area contributed by atoms with Gasteiger partial charge in [0.25, 0.3) is 0 Å². The summed E-state index contributed by atoms with van der Waals surface area (Å²) in [5, 5.41) is 0.719. The average molecular weight is 329 g/mol. The van der Waals surface area contributed by atoms with Crippen molar-refractivity contribution in [1.29, 1.82) is 0 Å². The molecule has 0 spiro atoms. The molecule has 0 amide bonds. The van der Waals surface area contributed by atoms with E-state index in [-0.39, 0.29) is 5.38 Å². The second-order valence-corrected chi connectivity index (χ2v) is 8.14. The normalized spacial score (nSPS) is 24.7. The van der Waals surface area contributed by atoms with E-state index >= 15 is 0 Å². The molecule has 0 aliphatic heterocycles. The van der Waals surface area contributed by atoms with Crippen molar-refractivity contribution in [1.82, 2.24) is 0 Å². The van der Waals surface area contributed by atoms with Gasteiger partial charge in [0.05, 0.1) is 12.5 Å². The van der Waals surface area contributed by atoms with Gasteiger partial charge in [-0.1, -0.05) is 38.4 Å². The molecule has 1 saturated carbocycles. The van der Waals surface area contributed by atoms with E-state index in [1.807, 2.05) is 18.2 Å². The van der Waals surface area contributed by atoms with Crippen molar-refractivity contribution in [2.75, 3.05) is 7.11 Å². The Balaban J connectivity index is 2.03. The first-order chi connectivity index (χ1) is 9.82. The number of alkyl halides is 1. The fraction of sp³-hybridized carbons (Fsp3) is 0.667. The minimum atomic E-state index is 0.00400. The van der Waals surface area contributed by atoms with E-state index in [4.69, 9.17) is 27.9 Å². The lowest BCUT2D eigenvalue weighted by Crippen LogP contribution is -2.27. The molecule has 0 saturated heterocycles. The topological polar surface area (TPSA) is 9.23 Å². The van der Waals surface area contributed by atoms with Crippen molar-refractivity contribution in [3.05, 3.63) is 28.8 Å². The van der Waals surface area contributed by atoms with Gasteiger partial charge in [-0.2, -0.15) is 0 Å². The number of halogens is 2. The molecule has 1 nitrogen and oxygen atoms in total. The SMILES string of the molecule is COc1ccc(C(Cl)C2CCC(C(C)(C)C)CC2)c(Cl)c1. The lowest BCUT2D eigenvalue weighted by atomic mass is 9.69. The molecule has 1 atom stereocenters. The molecule has 0 heterocycles. The van der Waals surface area contributed by atoms with Crippen LogP contribution in [0, 0.1) is 17.3 Å². The number of benzene rings is 1. The van der Waals surface area contributed by atoms with Crippen LogP contribution in [0.2, 0.25) is 5.02 Å². The minimum Gasteiger partial charge on any atom is -0.497 e. The second-order valence-electron chi connectivity index (χ2n) is 7.27. The molecular weight excluding hydrogens is 303 g/mol. The lowest BCUT2D eigenvalue weighted by Gasteiger charge is -2.38. The second kappa shape index (κ2) is 6.79. The van der Waals surface area contributed by atoms with Gasteiger partial charge in [0, 0.05) is 5.02 Å². The Morgan fingerprint density at radius 1 is 1.14 bits per heavy atom. The van der Waals surface area contributed by atoms with Crippen molar-refractivity contribution in [2.45, 2.75) is 51.8 Å². The van der Waals surface area contributed by atoms with Gasteiger partial charge < -0.3 is 4.74 Å². The van der Waals surface area contributed by atoms with Crippen LogP contribution in [0.3, 0.4) is 0 Å². The predicted molar refractivity (Wildman–Crippen MR) is 91.5 cm³/mol. The molecule has 3 heteroatoms. The Morgan fingerprint density at radius 3 is 2.24 bits per heavy atom. The maximum Gasteiger partial charge on any atom is 0.120 e. The van der Waals surface area contributed by atoms with Crippen LogP contribution in [-0.4, -0.2) is 7.11 Å². The molecule has 0 aromatic heterocycles. The molecule has 1 unspecified atom stereocenters. The molecule has 1 aliphatic carbocycles. The van der Waals surface area contributed by atoms with Crippen molar-refractivity contribution in [3.8, 4) is 5.75 Å². The van der Waals surface area contributed by atoms with Crippen molar-refractivity contribution in [3.63, 3.8) is 0 Å². The van der Waals surface area contributed by atoms with Gasteiger partial charge in [-0.15, -0.1) is 11.6 Å². The summed E-state index contributed by atoms with van der Waals surface area (Å²) in [6.07, 6.45) is 4.92. The van der Waals surface area contributed by atoms with Crippen LogP contribution in [-0.2, 0) is 0 Å². The zero-order valence-electron chi connectivity index (χ0n) is 13.5. The van der Waals surface area contributed by atoms with E-state index in [1.165, 1.54) is 25.7 Å². The number of hydrogen-bond donors (Lipinski definition) is 0. The highest BCUT2D eigenvalue weighted by molar-refractivity contribution is 6.33. The van der Waals surface area contributed by atoms with E-state index in [0.29, 0.717) is 16.4 Å². The summed E-state index contributed by atoms with van der Waals surface area (Å²) in [6.45, 7) is 7.03. The Kier molecular flexibility index (Phi) is 5.48. The van der Waals surface area contributed by atoms with Crippen LogP contribution in [0.1, 0.15) is 57.4 Å². The van der Waals surface area contributed by atoms with Crippen molar-refractivity contribution in [2.24, 2.45) is 17.3 Å². The van der Waals surface area contributed by atoms with E-state index < -0.39 is 0 Å². The Morgan fingerprint density at radius 2 is 1.76 bits per heavy atom. The molecule has 21 heavy (non-hydrogen) atoms. The highest BCUT2D eigenvalue weighted by Gasteiger charge is 2.33. The fourth-order valence-corrected chi connectivity index (χ4v) is 4.18. The van der Waals surface area contributed by atoms with Gasteiger partial charge in [-0.3, -0.25) is 0 Å². The Hall–Kier alpha value is -0.400. The van der Waals surface area contributed by atoms with Crippen molar-refractivity contribution < 1.29 is 4.74 Å². The number of hydrogen-bond acceptors (Lipinski definition) is 1. The summed E-state index contributed by atoms with van der Waals surface area (Å²) in [6, 6.07) is 5.80. The van der Waals surface area contributed by atoms with Gasteiger partial charge in [0.1, 0.15) is 5.75 Å². The Labute approximate surface area is 139 Å². The molecule has 0 bridgehead atoms. The standard InChI is InChI=1S/C18H26Cl2O/c1-18(2,3)13-7-5-12(6-8-13)17(20)15-10-9-14(21-4)11-16(15)19/h9-13,17H,5-8H2,1-4H3. The summed E-state index contributed by atoms with van der Waals surface area (Å²) in [4.78, 5) is 0. The van der Waals surface area contributed by atoms with Gasteiger partial charge in [0.15, 0.2) is 0 Å². The molecule has 1 fully saturated rings. The molecular formula is C18H26Cl2O. The first-order valence-corrected chi connectivity index (χ1v) is 8.62. The van der Waals surface area contributed by atoms with Crippen LogP contribution in [0.5, 0.6) is 5.75 Å². The molecule has 2 rings (SSSR count). The first kappa shape index (κ1) is 17.0. The summed E-state index contributed by atoms with van der Waals surface area (Å²) in [5.74, 6) is 2.11. The van der Waals surface area contributed by atoms with E-state index in [0.717, 1.165) is 17.2 Å². The van der Waals surface area contributed by atoms with E-state index in [1.54, 1.807) is 7.11 Å². The zero-order valence-corrected chi connectivity index (χ0v) is 15.0. The van der Waals surface area contributed by atoms with Crippen LogP contribution < -0.4 is 4.74 Å². The molecule has 1 aliphatic rings. The van der Waals surface area contributed by atoms with Gasteiger partial charge >= 0.3 is 0 Å². The van der Waals surface area contributed by atoms with Gasteiger partial charge in [0.2, 0.25) is 0 Å². The smallest absolute Gasteiger partial charge is 0.120 e. The fourth-order valence-electron chi connectivity index (χ4n) is 3.39. The summed E-state index contributed by atoms with van der Waals surface area (Å²) in [5.41, 5.74) is 1.45. The highest BCUT2D eigenvalue weighted by atomic mass is 35.5. The molecule has 1 aromatic carbocycles. The average Bonchev–Trinajstić information content (AvgIpc) is 2.45. The molecule has 1 aromatic rings. The zero-order chi connectivity index (χ0) is 15.6. The van der Waals surface area contributed by atoms with Gasteiger partial charge in [-0.05, 0) is 60.6 Å².